The van der Waals surface area contributed by atoms with Gasteiger partial charge in [0.2, 0.25) is 0 Å². The van der Waals surface area contributed by atoms with E-state index in [0.29, 0.717) is 32.1 Å². The number of ether oxygens (including phenoxy) is 2. The molecule has 0 aromatic rings. The van der Waals surface area contributed by atoms with Crippen molar-refractivity contribution in [2.24, 2.45) is 17.8 Å². The first-order chi connectivity index (χ1) is 19.2. The Morgan fingerprint density at radius 1 is 0.925 bits per heavy atom. The summed E-state index contributed by atoms with van der Waals surface area (Å²) in [5.41, 5.74) is 0. The summed E-state index contributed by atoms with van der Waals surface area (Å²) >= 11 is 0. The van der Waals surface area contributed by atoms with Crippen LogP contribution in [0.1, 0.15) is 137 Å². The average molecular weight is 565 g/mol. The first-order valence-electron chi connectivity index (χ1n) is 16.3. The quantitative estimate of drug-likeness (QED) is 0.0746. The van der Waals surface area contributed by atoms with Crippen LogP contribution in [0.15, 0.2) is 24.8 Å². The van der Waals surface area contributed by atoms with Crippen LogP contribution in [-0.4, -0.2) is 46.6 Å². The van der Waals surface area contributed by atoms with E-state index in [1.807, 2.05) is 13.8 Å². The molecule has 6 heteroatoms. The van der Waals surface area contributed by atoms with E-state index in [2.05, 4.69) is 32.6 Å². The molecular weight excluding hydrogens is 504 g/mol. The summed E-state index contributed by atoms with van der Waals surface area (Å²) in [6.07, 6.45) is 19.4. The van der Waals surface area contributed by atoms with E-state index in [1.54, 1.807) is 6.08 Å². The van der Waals surface area contributed by atoms with E-state index in [1.165, 1.54) is 19.3 Å². The Hall–Kier alpha value is -1.66. The van der Waals surface area contributed by atoms with E-state index < -0.39 is 6.10 Å². The zero-order chi connectivity index (χ0) is 29.8. The first-order valence-corrected chi connectivity index (χ1v) is 16.3. The molecule has 1 saturated carbocycles. The second kappa shape index (κ2) is 22.0. The summed E-state index contributed by atoms with van der Waals surface area (Å²) in [4.78, 5) is 24.9. The summed E-state index contributed by atoms with van der Waals surface area (Å²) in [7, 11) is 0. The highest BCUT2D eigenvalue weighted by atomic mass is 16.5. The molecule has 6 nitrogen and oxygen atoms in total. The fourth-order valence-corrected chi connectivity index (χ4v) is 5.77. The number of aliphatic hydroxyl groups excluding tert-OH is 2. The minimum atomic E-state index is -0.555. The summed E-state index contributed by atoms with van der Waals surface area (Å²) in [5.74, 6) is -0.756. The van der Waals surface area contributed by atoms with Crippen molar-refractivity contribution in [3.63, 3.8) is 0 Å². The largest absolute Gasteiger partial charge is 0.463 e. The van der Waals surface area contributed by atoms with Crippen LogP contribution in [0.3, 0.4) is 0 Å². The fraction of sp³-hybridized carbons (Fsp3) is 0.824. The molecule has 1 aliphatic carbocycles. The van der Waals surface area contributed by atoms with Crippen molar-refractivity contribution in [2.75, 3.05) is 0 Å². The summed E-state index contributed by atoms with van der Waals surface area (Å²) in [5, 5.41) is 21.5. The standard InChI is InChI=1S/C34H60O6/c1-6-9-11-12-16-19-27(8-3)34(38)40-32-25-31(36)29(24-23-28(35)20-15-10-7-2)30(32)21-17-13-14-18-22-33(37)39-26(4)5/h8,13,17,26-32,35-36H,3,6-7,9-12,14-16,18-25H2,1-2,4-5H3/b17-13-/t27?,28-,29+,30+,31+,32-/m0/s1. The zero-order valence-corrected chi connectivity index (χ0v) is 26.0. The van der Waals surface area contributed by atoms with Gasteiger partial charge >= 0.3 is 11.9 Å². The average Bonchev–Trinajstić information content (AvgIpc) is 3.19. The summed E-state index contributed by atoms with van der Waals surface area (Å²) in [6, 6.07) is 0. The topological polar surface area (TPSA) is 93.1 Å². The molecule has 0 bridgehead atoms. The lowest BCUT2D eigenvalue weighted by Gasteiger charge is -2.26. The van der Waals surface area contributed by atoms with E-state index in [4.69, 9.17) is 9.47 Å². The smallest absolute Gasteiger partial charge is 0.313 e. The maximum absolute atomic E-state index is 13.1. The molecule has 2 N–H and O–H groups in total. The van der Waals surface area contributed by atoms with Crippen molar-refractivity contribution in [1.82, 2.24) is 0 Å². The summed E-state index contributed by atoms with van der Waals surface area (Å²) in [6.45, 7) is 11.9. The molecule has 0 radical (unpaired) electrons. The Morgan fingerprint density at radius 3 is 2.27 bits per heavy atom. The molecule has 0 heterocycles. The number of unbranched alkanes of at least 4 members (excludes halogenated alkanes) is 7. The van der Waals surface area contributed by atoms with Gasteiger partial charge in [0.05, 0.1) is 24.2 Å². The number of carbonyl (C=O) groups is 2. The van der Waals surface area contributed by atoms with Gasteiger partial charge in [-0.25, -0.2) is 0 Å². The van der Waals surface area contributed by atoms with Gasteiger partial charge in [0.25, 0.3) is 0 Å². The SMILES string of the molecule is C=CC(CCCCCCC)C(=O)O[C@H]1C[C@@H](O)[C@H](CC[C@@H](O)CCCCC)[C@H]1C/C=C\CCCC(=O)OC(C)C. The van der Waals surface area contributed by atoms with Crippen LogP contribution in [0.2, 0.25) is 0 Å². The van der Waals surface area contributed by atoms with Crippen molar-refractivity contribution in [3.8, 4) is 0 Å². The van der Waals surface area contributed by atoms with Gasteiger partial charge in [0.15, 0.2) is 0 Å². The highest BCUT2D eigenvalue weighted by Gasteiger charge is 2.44. The molecule has 6 atom stereocenters. The van der Waals surface area contributed by atoms with Gasteiger partial charge in [0, 0.05) is 18.8 Å². The second-order valence-corrected chi connectivity index (χ2v) is 12.0. The number of hydrogen-bond acceptors (Lipinski definition) is 6. The number of hydrogen-bond donors (Lipinski definition) is 2. The molecule has 0 spiro atoms. The highest BCUT2D eigenvalue weighted by molar-refractivity contribution is 5.74. The van der Waals surface area contributed by atoms with Crippen LogP contribution in [0.5, 0.6) is 0 Å². The Kier molecular flexibility index (Phi) is 20.0. The Balaban J connectivity index is 2.76. The van der Waals surface area contributed by atoms with Gasteiger partial charge in [-0.3, -0.25) is 9.59 Å². The third-order valence-corrected chi connectivity index (χ3v) is 8.14. The van der Waals surface area contributed by atoms with Crippen LogP contribution in [0.4, 0.5) is 0 Å². The molecule has 1 rings (SSSR count). The maximum atomic E-state index is 13.1. The van der Waals surface area contributed by atoms with Gasteiger partial charge in [-0.15, -0.1) is 6.58 Å². The lowest BCUT2D eigenvalue weighted by molar-refractivity contribution is -0.154. The molecule has 232 valence electrons. The molecule has 0 amide bonds. The Labute approximate surface area is 245 Å². The minimum Gasteiger partial charge on any atom is -0.463 e. The Morgan fingerprint density at radius 2 is 1.60 bits per heavy atom. The third-order valence-electron chi connectivity index (χ3n) is 8.14. The predicted molar refractivity (Wildman–Crippen MR) is 163 cm³/mol. The van der Waals surface area contributed by atoms with E-state index in [9.17, 15) is 19.8 Å². The lowest BCUT2D eigenvalue weighted by atomic mass is 9.85. The number of aliphatic hydroxyl groups is 2. The van der Waals surface area contributed by atoms with Gasteiger partial charge in [0.1, 0.15) is 6.10 Å². The highest BCUT2D eigenvalue weighted by Crippen LogP contribution is 2.41. The first kappa shape index (κ1) is 36.4. The normalized spacial score (nSPS) is 22.5. The van der Waals surface area contributed by atoms with Crippen LogP contribution in [-0.2, 0) is 19.1 Å². The van der Waals surface area contributed by atoms with Crippen LogP contribution in [0.25, 0.3) is 0 Å². The van der Waals surface area contributed by atoms with Gasteiger partial charge in [-0.1, -0.05) is 83.4 Å². The van der Waals surface area contributed by atoms with Gasteiger partial charge < -0.3 is 19.7 Å². The van der Waals surface area contributed by atoms with Crippen molar-refractivity contribution >= 4 is 11.9 Å². The van der Waals surface area contributed by atoms with Crippen LogP contribution in [0, 0.1) is 17.8 Å². The van der Waals surface area contributed by atoms with Crippen LogP contribution < -0.4 is 0 Å². The number of allylic oxidation sites excluding steroid dienone is 2. The van der Waals surface area contributed by atoms with Crippen molar-refractivity contribution in [3.05, 3.63) is 24.8 Å². The lowest BCUT2D eigenvalue weighted by Crippen LogP contribution is -2.28. The molecule has 1 fully saturated rings. The van der Waals surface area contributed by atoms with Crippen LogP contribution >= 0.6 is 0 Å². The summed E-state index contributed by atoms with van der Waals surface area (Å²) < 4.78 is 11.3. The molecule has 0 aromatic heterocycles. The molecule has 0 aliphatic heterocycles. The second-order valence-electron chi connectivity index (χ2n) is 12.0. The number of rotatable bonds is 23. The van der Waals surface area contributed by atoms with Gasteiger partial charge in [-0.05, 0) is 64.7 Å². The van der Waals surface area contributed by atoms with Gasteiger partial charge in [-0.2, -0.15) is 0 Å². The molecule has 1 unspecified atom stereocenters. The molecule has 0 saturated heterocycles. The zero-order valence-electron chi connectivity index (χ0n) is 26.0. The molecule has 40 heavy (non-hydrogen) atoms. The molecule has 1 aliphatic rings. The number of esters is 2. The van der Waals surface area contributed by atoms with Crippen molar-refractivity contribution in [2.45, 2.75) is 161 Å². The minimum absolute atomic E-state index is 0.000956. The van der Waals surface area contributed by atoms with E-state index in [-0.39, 0.29) is 48.0 Å². The molecule has 0 aromatic carbocycles. The van der Waals surface area contributed by atoms with E-state index >= 15 is 0 Å². The van der Waals surface area contributed by atoms with Crippen molar-refractivity contribution in [1.29, 1.82) is 0 Å². The Bertz CT molecular complexity index is 717. The monoisotopic (exact) mass is 564 g/mol. The molecular formula is C34H60O6. The maximum Gasteiger partial charge on any atom is 0.313 e. The van der Waals surface area contributed by atoms with Crippen molar-refractivity contribution < 1.29 is 29.3 Å². The number of carbonyl (C=O) groups excluding carboxylic acids is 2. The van der Waals surface area contributed by atoms with E-state index in [0.717, 1.165) is 57.8 Å². The third kappa shape index (κ3) is 15.4. The fourth-order valence-electron chi connectivity index (χ4n) is 5.77. The predicted octanol–water partition coefficient (Wildman–Crippen LogP) is 7.85.